The summed E-state index contributed by atoms with van der Waals surface area (Å²) in [4.78, 5) is 29.8. The van der Waals surface area contributed by atoms with Crippen molar-refractivity contribution in [3.05, 3.63) is 0 Å². The molecule has 6 nitrogen and oxygen atoms in total. The second kappa shape index (κ2) is 5.46. The van der Waals surface area contributed by atoms with Gasteiger partial charge in [-0.1, -0.05) is 0 Å². The van der Waals surface area contributed by atoms with Gasteiger partial charge in [-0.25, -0.2) is 0 Å². The molecule has 0 aromatic carbocycles. The summed E-state index contributed by atoms with van der Waals surface area (Å²) in [5.41, 5.74) is 0. The van der Waals surface area contributed by atoms with Crippen molar-refractivity contribution in [2.75, 3.05) is 52.4 Å². The molecule has 0 aromatic heterocycles. The third-order valence-electron chi connectivity index (χ3n) is 4.44. The van der Waals surface area contributed by atoms with Crippen LogP contribution in [0.2, 0.25) is 0 Å². The molecule has 3 aliphatic heterocycles. The van der Waals surface area contributed by atoms with Crippen molar-refractivity contribution in [1.29, 1.82) is 0 Å². The fourth-order valence-corrected chi connectivity index (χ4v) is 3.00. The summed E-state index contributed by atoms with van der Waals surface area (Å²) in [7, 11) is 0. The molecular weight excluding hydrogens is 244 g/mol. The van der Waals surface area contributed by atoms with Crippen LogP contribution >= 0.6 is 0 Å². The third-order valence-corrected chi connectivity index (χ3v) is 4.44. The van der Waals surface area contributed by atoms with Crippen LogP contribution in [0.3, 0.4) is 0 Å². The summed E-state index contributed by atoms with van der Waals surface area (Å²) in [6.07, 6.45) is 1.50. The van der Waals surface area contributed by atoms with Gasteiger partial charge in [0.25, 0.3) is 0 Å². The van der Waals surface area contributed by atoms with Crippen molar-refractivity contribution in [1.82, 2.24) is 20.0 Å². The molecule has 3 saturated heterocycles. The topological polar surface area (TPSA) is 55.9 Å². The van der Waals surface area contributed by atoms with E-state index in [1.54, 1.807) is 4.90 Å². The molecule has 0 aromatic rings. The van der Waals surface area contributed by atoms with Crippen molar-refractivity contribution >= 4 is 11.8 Å². The smallest absolute Gasteiger partial charge is 0.242 e. The largest absolute Gasteiger partial charge is 0.339 e. The summed E-state index contributed by atoms with van der Waals surface area (Å²) < 4.78 is 0. The van der Waals surface area contributed by atoms with E-state index in [0.717, 1.165) is 52.2 Å². The SMILES string of the molecule is O=C(CN1CCCC1=O)N1CCN(C2CNC2)CC1. The predicted molar refractivity (Wildman–Crippen MR) is 70.6 cm³/mol. The molecule has 0 saturated carbocycles. The first-order valence-corrected chi connectivity index (χ1v) is 7.24. The Balaban J connectivity index is 1.45. The zero-order chi connectivity index (χ0) is 13.2. The second-order valence-electron chi connectivity index (χ2n) is 5.65. The van der Waals surface area contributed by atoms with Crippen LogP contribution in [0.25, 0.3) is 0 Å². The van der Waals surface area contributed by atoms with Gasteiger partial charge >= 0.3 is 0 Å². The van der Waals surface area contributed by atoms with Crippen LogP contribution in [0.5, 0.6) is 0 Å². The van der Waals surface area contributed by atoms with Gasteiger partial charge in [-0.2, -0.15) is 0 Å². The van der Waals surface area contributed by atoms with E-state index < -0.39 is 0 Å². The molecule has 19 heavy (non-hydrogen) atoms. The lowest BCUT2D eigenvalue weighted by atomic mass is 10.1. The molecule has 1 N–H and O–H groups in total. The summed E-state index contributed by atoms with van der Waals surface area (Å²) in [6.45, 7) is 6.72. The molecule has 106 valence electrons. The monoisotopic (exact) mass is 266 g/mol. The quantitative estimate of drug-likeness (QED) is 0.692. The van der Waals surface area contributed by atoms with E-state index in [4.69, 9.17) is 0 Å². The van der Waals surface area contributed by atoms with E-state index in [1.807, 2.05) is 4.90 Å². The first kappa shape index (κ1) is 12.9. The molecule has 3 fully saturated rings. The average Bonchev–Trinajstić information content (AvgIpc) is 2.74. The Kier molecular flexibility index (Phi) is 3.70. The summed E-state index contributed by atoms with van der Waals surface area (Å²) in [5, 5.41) is 3.28. The number of nitrogens with one attached hydrogen (secondary N) is 1. The maximum Gasteiger partial charge on any atom is 0.242 e. The molecule has 3 aliphatic rings. The van der Waals surface area contributed by atoms with E-state index >= 15 is 0 Å². The van der Waals surface area contributed by atoms with Crippen LogP contribution in [0.4, 0.5) is 0 Å². The lowest BCUT2D eigenvalue weighted by Gasteiger charge is -2.43. The Labute approximate surface area is 113 Å². The fourth-order valence-electron chi connectivity index (χ4n) is 3.00. The van der Waals surface area contributed by atoms with E-state index in [0.29, 0.717) is 12.5 Å². The number of piperazine rings is 1. The van der Waals surface area contributed by atoms with Crippen molar-refractivity contribution in [3.8, 4) is 0 Å². The first-order valence-electron chi connectivity index (χ1n) is 7.24. The molecule has 0 atom stereocenters. The Hall–Kier alpha value is -1.14. The molecule has 0 radical (unpaired) electrons. The van der Waals surface area contributed by atoms with Crippen molar-refractivity contribution in [2.24, 2.45) is 0 Å². The van der Waals surface area contributed by atoms with Crippen molar-refractivity contribution < 1.29 is 9.59 Å². The van der Waals surface area contributed by atoms with Gasteiger partial charge in [0.15, 0.2) is 0 Å². The first-order chi connectivity index (χ1) is 9.24. The lowest BCUT2D eigenvalue weighted by molar-refractivity contribution is -0.139. The Morgan fingerprint density at radius 2 is 1.89 bits per heavy atom. The highest BCUT2D eigenvalue weighted by Gasteiger charge is 2.30. The van der Waals surface area contributed by atoms with Gasteiger partial charge in [-0.05, 0) is 6.42 Å². The van der Waals surface area contributed by atoms with E-state index in [1.165, 1.54) is 0 Å². The molecule has 0 bridgehead atoms. The number of amides is 2. The number of carbonyl (C=O) groups excluding carboxylic acids is 2. The number of rotatable bonds is 3. The molecular formula is C13H22N4O2. The molecule has 3 heterocycles. The van der Waals surface area contributed by atoms with E-state index in [9.17, 15) is 9.59 Å². The highest BCUT2D eigenvalue weighted by Crippen LogP contribution is 2.12. The molecule has 6 heteroatoms. The highest BCUT2D eigenvalue weighted by atomic mass is 16.2. The van der Waals surface area contributed by atoms with Crippen LogP contribution in [0.15, 0.2) is 0 Å². The van der Waals surface area contributed by atoms with Gasteiger partial charge in [-0.3, -0.25) is 14.5 Å². The van der Waals surface area contributed by atoms with Crippen molar-refractivity contribution in [2.45, 2.75) is 18.9 Å². The van der Waals surface area contributed by atoms with Gasteiger partial charge in [0, 0.05) is 58.3 Å². The fraction of sp³-hybridized carbons (Fsp3) is 0.846. The van der Waals surface area contributed by atoms with Crippen LogP contribution in [0.1, 0.15) is 12.8 Å². The standard InChI is InChI=1S/C13H22N4O2/c18-12-2-1-3-17(12)10-13(19)16-6-4-15(5-7-16)11-8-14-9-11/h11,14H,1-10H2. The second-order valence-corrected chi connectivity index (χ2v) is 5.65. The lowest BCUT2D eigenvalue weighted by Crippen LogP contribution is -2.62. The minimum atomic E-state index is 0.113. The average molecular weight is 266 g/mol. The zero-order valence-corrected chi connectivity index (χ0v) is 11.3. The Morgan fingerprint density at radius 1 is 1.16 bits per heavy atom. The van der Waals surface area contributed by atoms with Crippen molar-refractivity contribution in [3.63, 3.8) is 0 Å². The minimum Gasteiger partial charge on any atom is -0.339 e. The van der Waals surface area contributed by atoms with E-state index in [-0.39, 0.29) is 18.4 Å². The molecule has 0 aliphatic carbocycles. The van der Waals surface area contributed by atoms with Gasteiger partial charge in [-0.15, -0.1) is 0 Å². The van der Waals surface area contributed by atoms with Crippen LogP contribution < -0.4 is 5.32 Å². The molecule has 2 amide bonds. The number of hydrogen-bond donors (Lipinski definition) is 1. The van der Waals surface area contributed by atoms with Crippen LogP contribution in [-0.2, 0) is 9.59 Å². The Bertz CT molecular complexity index is 362. The minimum absolute atomic E-state index is 0.113. The maximum atomic E-state index is 12.2. The van der Waals surface area contributed by atoms with Crippen LogP contribution in [0, 0.1) is 0 Å². The number of likely N-dealkylation sites (tertiary alicyclic amines) is 1. The van der Waals surface area contributed by atoms with E-state index in [2.05, 4.69) is 10.2 Å². The highest BCUT2D eigenvalue weighted by molar-refractivity contribution is 5.85. The summed E-state index contributed by atoms with van der Waals surface area (Å²) in [5.74, 6) is 0.245. The maximum absolute atomic E-state index is 12.2. The van der Waals surface area contributed by atoms with Gasteiger partial charge < -0.3 is 15.1 Å². The molecule has 0 unspecified atom stereocenters. The third kappa shape index (κ3) is 2.74. The molecule has 0 spiro atoms. The Morgan fingerprint density at radius 3 is 2.42 bits per heavy atom. The summed E-state index contributed by atoms with van der Waals surface area (Å²) in [6, 6.07) is 0.664. The van der Waals surface area contributed by atoms with Gasteiger partial charge in [0.05, 0.1) is 6.54 Å². The van der Waals surface area contributed by atoms with Gasteiger partial charge in [0.1, 0.15) is 0 Å². The predicted octanol–water partition coefficient (Wildman–Crippen LogP) is -1.28. The summed E-state index contributed by atoms with van der Waals surface area (Å²) >= 11 is 0. The number of carbonyl (C=O) groups is 2. The number of nitrogens with zero attached hydrogens (tertiary/aromatic N) is 3. The number of hydrogen-bond acceptors (Lipinski definition) is 4. The van der Waals surface area contributed by atoms with Crippen LogP contribution in [-0.4, -0.2) is 84.9 Å². The molecule has 3 rings (SSSR count). The normalized spacial score (nSPS) is 25.8. The zero-order valence-electron chi connectivity index (χ0n) is 11.3. The van der Waals surface area contributed by atoms with Gasteiger partial charge in [0.2, 0.25) is 11.8 Å².